The molecule has 0 N–H and O–H groups in total. The molecule has 0 heterocycles. The number of Topliss-reactive ketones (excluding diaryl/α,β-unsaturated/α-hetero) is 1. The summed E-state index contributed by atoms with van der Waals surface area (Å²) in [5, 5.41) is 0. The van der Waals surface area contributed by atoms with Crippen LogP contribution in [0.2, 0.25) is 0 Å². The predicted octanol–water partition coefficient (Wildman–Crippen LogP) is 4.08. The van der Waals surface area contributed by atoms with E-state index in [0.717, 1.165) is 0 Å². The van der Waals surface area contributed by atoms with Gasteiger partial charge in [0.25, 0.3) is 0 Å². The van der Waals surface area contributed by atoms with Gasteiger partial charge in [0.05, 0.1) is 12.7 Å². The lowest BCUT2D eigenvalue weighted by molar-refractivity contribution is 0.0986. The molecule has 0 aliphatic heterocycles. The van der Waals surface area contributed by atoms with Crippen LogP contribution in [-0.2, 0) is 0 Å². The van der Waals surface area contributed by atoms with E-state index in [-0.39, 0.29) is 5.78 Å². The number of carbonyl (C=O) groups is 1. The van der Waals surface area contributed by atoms with Crippen molar-refractivity contribution in [2.75, 3.05) is 7.11 Å². The van der Waals surface area contributed by atoms with Gasteiger partial charge in [0.15, 0.2) is 17.3 Å². The van der Waals surface area contributed by atoms with Crippen molar-refractivity contribution in [3.63, 3.8) is 0 Å². The molecule has 19 heavy (non-hydrogen) atoms. The second-order valence-corrected chi connectivity index (χ2v) is 4.03. The second-order valence-electron chi connectivity index (χ2n) is 4.03. The maximum absolute atomic E-state index is 11.9. The van der Waals surface area contributed by atoms with Gasteiger partial charge in [-0.15, -0.1) is 0 Å². The molecule has 0 aromatic heterocycles. The van der Waals surface area contributed by atoms with E-state index in [1.165, 1.54) is 0 Å². The summed E-state index contributed by atoms with van der Waals surface area (Å²) in [7, 11) is 1.59. The van der Waals surface area contributed by atoms with Crippen LogP contribution < -0.4 is 9.47 Å². The number of para-hydroxylation sites is 3. The van der Waals surface area contributed by atoms with Gasteiger partial charge in [-0.25, -0.2) is 0 Å². The Morgan fingerprint density at radius 3 is 2.16 bits per heavy atom. The quantitative estimate of drug-likeness (QED) is 0.756. The van der Waals surface area contributed by atoms with Crippen molar-refractivity contribution in [1.29, 1.82) is 0 Å². The van der Waals surface area contributed by atoms with Gasteiger partial charge in [-0.2, -0.15) is 0 Å². The van der Waals surface area contributed by atoms with Crippen LogP contribution >= 0.6 is 0 Å². The Morgan fingerprint density at radius 1 is 0.947 bits per heavy atom. The van der Waals surface area contributed by atoms with Crippen molar-refractivity contribution in [2.24, 2.45) is 0 Å². The summed E-state index contributed by atoms with van der Waals surface area (Å²) in [4.78, 5) is 11.9. The highest BCUT2D eigenvalue weighted by Gasteiger charge is 2.12. The molecule has 0 saturated carbocycles. The smallest absolute Gasteiger partial charge is 0.169 e. The first-order chi connectivity index (χ1) is 9.26. The molecule has 0 aliphatic rings. The van der Waals surface area contributed by atoms with E-state index in [1.807, 2.05) is 43.3 Å². The number of benzene rings is 2. The van der Waals surface area contributed by atoms with E-state index in [0.29, 0.717) is 29.2 Å². The molecule has 2 aromatic carbocycles. The largest absolute Gasteiger partial charge is 0.493 e. The topological polar surface area (TPSA) is 35.5 Å². The molecular weight excluding hydrogens is 240 g/mol. The van der Waals surface area contributed by atoms with Gasteiger partial charge in [0.1, 0.15) is 5.75 Å². The van der Waals surface area contributed by atoms with Gasteiger partial charge in [-0.3, -0.25) is 4.79 Å². The summed E-state index contributed by atoms with van der Waals surface area (Å²) in [6, 6.07) is 14.6. The number of ketones is 1. The summed E-state index contributed by atoms with van der Waals surface area (Å²) in [5.74, 6) is 1.85. The number of carbonyl (C=O) groups excluding carboxylic acids is 1. The summed E-state index contributed by atoms with van der Waals surface area (Å²) in [6.07, 6.45) is 0.451. The van der Waals surface area contributed by atoms with E-state index in [2.05, 4.69) is 0 Å². The molecule has 0 spiro atoms. The van der Waals surface area contributed by atoms with Crippen LogP contribution in [0.15, 0.2) is 48.5 Å². The molecule has 0 amide bonds. The molecule has 3 nitrogen and oxygen atoms in total. The molecule has 0 atom stereocenters. The van der Waals surface area contributed by atoms with Crippen molar-refractivity contribution in [3.05, 3.63) is 54.1 Å². The zero-order valence-electron chi connectivity index (χ0n) is 11.1. The molecule has 0 fully saturated rings. The molecule has 2 rings (SSSR count). The Labute approximate surface area is 112 Å². The van der Waals surface area contributed by atoms with Crippen LogP contribution in [0.5, 0.6) is 17.2 Å². The first kappa shape index (κ1) is 13.1. The van der Waals surface area contributed by atoms with Crippen molar-refractivity contribution in [2.45, 2.75) is 13.3 Å². The lowest BCUT2D eigenvalue weighted by Gasteiger charge is -2.12. The van der Waals surface area contributed by atoms with Crippen LogP contribution in [0.4, 0.5) is 0 Å². The summed E-state index contributed by atoms with van der Waals surface area (Å²) >= 11 is 0. The molecule has 0 bridgehead atoms. The number of methoxy groups -OCH3 is 1. The van der Waals surface area contributed by atoms with Crippen molar-refractivity contribution in [1.82, 2.24) is 0 Å². The second kappa shape index (κ2) is 6.05. The van der Waals surface area contributed by atoms with E-state index in [1.54, 1.807) is 19.2 Å². The van der Waals surface area contributed by atoms with Gasteiger partial charge in [0.2, 0.25) is 0 Å². The highest BCUT2D eigenvalue weighted by Crippen LogP contribution is 2.32. The van der Waals surface area contributed by atoms with E-state index in [4.69, 9.17) is 9.47 Å². The van der Waals surface area contributed by atoms with Gasteiger partial charge < -0.3 is 9.47 Å². The first-order valence-electron chi connectivity index (χ1n) is 6.19. The van der Waals surface area contributed by atoms with Crippen LogP contribution in [0.25, 0.3) is 0 Å². The molecule has 98 valence electrons. The van der Waals surface area contributed by atoms with E-state index in [9.17, 15) is 4.79 Å². The third-order valence-corrected chi connectivity index (χ3v) is 2.80. The Balaban J connectivity index is 2.36. The van der Waals surface area contributed by atoms with Crippen LogP contribution in [0, 0.1) is 0 Å². The molecule has 0 radical (unpaired) electrons. The third kappa shape index (κ3) is 2.94. The van der Waals surface area contributed by atoms with Crippen molar-refractivity contribution < 1.29 is 14.3 Å². The SMILES string of the molecule is CCC(=O)c1ccccc1Oc1ccccc1OC. The summed E-state index contributed by atoms with van der Waals surface area (Å²) in [5.41, 5.74) is 0.593. The zero-order chi connectivity index (χ0) is 13.7. The van der Waals surface area contributed by atoms with Gasteiger partial charge >= 0.3 is 0 Å². The molecular formula is C16H16O3. The fourth-order valence-electron chi connectivity index (χ4n) is 1.80. The highest BCUT2D eigenvalue weighted by molar-refractivity contribution is 5.98. The van der Waals surface area contributed by atoms with Crippen molar-refractivity contribution in [3.8, 4) is 17.2 Å². The number of rotatable bonds is 5. The molecule has 0 unspecified atom stereocenters. The normalized spacial score (nSPS) is 10.0. The minimum Gasteiger partial charge on any atom is -0.493 e. The van der Waals surface area contributed by atoms with Crippen LogP contribution in [-0.4, -0.2) is 12.9 Å². The lowest BCUT2D eigenvalue weighted by atomic mass is 10.1. The average molecular weight is 256 g/mol. The molecule has 0 aliphatic carbocycles. The minimum atomic E-state index is 0.0606. The van der Waals surface area contributed by atoms with Crippen LogP contribution in [0.1, 0.15) is 23.7 Å². The molecule has 2 aromatic rings. The standard InChI is InChI=1S/C16H16O3/c1-3-13(17)12-8-4-5-9-14(12)19-16-11-7-6-10-15(16)18-2/h4-11H,3H2,1-2H3. The maximum Gasteiger partial charge on any atom is 0.169 e. The summed E-state index contributed by atoms with van der Waals surface area (Å²) < 4.78 is 11.0. The van der Waals surface area contributed by atoms with Gasteiger partial charge in [-0.1, -0.05) is 31.2 Å². The van der Waals surface area contributed by atoms with E-state index >= 15 is 0 Å². The fourth-order valence-corrected chi connectivity index (χ4v) is 1.80. The first-order valence-corrected chi connectivity index (χ1v) is 6.19. The zero-order valence-corrected chi connectivity index (χ0v) is 11.1. The fraction of sp³-hybridized carbons (Fsp3) is 0.188. The predicted molar refractivity (Wildman–Crippen MR) is 74.1 cm³/mol. The Bertz CT molecular complexity index is 576. The number of hydrogen-bond donors (Lipinski definition) is 0. The molecule has 0 saturated heterocycles. The van der Waals surface area contributed by atoms with E-state index < -0.39 is 0 Å². The number of hydrogen-bond acceptors (Lipinski definition) is 3. The third-order valence-electron chi connectivity index (χ3n) is 2.80. The Hall–Kier alpha value is -2.29. The van der Waals surface area contributed by atoms with Crippen molar-refractivity contribution >= 4 is 5.78 Å². The van der Waals surface area contributed by atoms with Gasteiger partial charge in [0, 0.05) is 6.42 Å². The lowest BCUT2D eigenvalue weighted by Crippen LogP contribution is -2.00. The highest BCUT2D eigenvalue weighted by atomic mass is 16.5. The molecule has 3 heteroatoms. The average Bonchev–Trinajstić information content (AvgIpc) is 2.47. The van der Waals surface area contributed by atoms with Gasteiger partial charge in [-0.05, 0) is 24.3 Å². The number of ether oxygens (including phenoxy) is 2. The maximum atomic E-state index is 11.9. The minimum absolute atomic E-state index is 0.0606. The monoisotopic (exact) mass is 256 g/mol. The Kier molecular flexibility index (Phi) is 4.18. The summed E-state index contributed by atoms with van der Waals surface area (Å²) in [6.45, 7) is 1.84. The van der Waals surface area contributed by atoms with Crippen LogP contribution in [0.3, 0.4) is 0 Å². The Morgan fingerprint density at radius 2 is 1.53 bits per heavy atom.